The number of aromatic amines is 1. The first-order valence-corrected chi connectivity index (χ1v) is 5.92. The van der Waals surface area contributed by atoms with Gasteiger partial charge < -0.3 is 4.98 Å². The Morgan fingerprint density at radius 2 is 1.71 bits per heavy atom. The molecule has 1 aromatic rings. The van der Waals surface area contributed by atoms with Gasteiger partial charge in [-0.3, -0.25) is 0 Å². The van der Waals surface area contributed by atoms with Gasteiger partial charge in [0.15, 0.2) is 0 Å². The normalized spacial score (nSPS) is 18.9. The van der Waals surface area contributed by atoms with Crippen LogP contribution in [0.5, 0.6) is 0 Å². The monoisotopic (exact) mass is 221 g/mol. The molecule has 1 saturated carbocycles. The highest BCUT2D eigenvalue weighted by atomic mass is 14.7. The van der Waals surface area contributed by atoms with E-state index in [0.29, 0.717) is 0 Å². The van der Waals surface area contributed by atoms with E-state index in [1.807, 2.05) is 12.3 Å². The number of aromatic nitrogens is 1. The second-order valence-electron chi connectivity index (χ2n) is 4.45. The van der Waals surface area contributed by atoms with Crippen LogP contribution in [-0.2, 0) is 0 Å². The van der Waals surface area contributed by atoms with Gasteiger partial charge >= 0.3 is 0 Å². The Bertz CT molecular complexity index is 543. The van der Waals surface area contributed by atoms with Crippen LogP contribution in [-0.4, -0.2) is 4.98 Å². The summed E-state index contributed by atoms with van der Waals surface area (Å²) in [4.78, 5) is 3.19. The Kier molecular flexibility index (Phi) is 2.25. The Morgan fingerprint density at radius 1 is 1.06 bits per heavy atom. The van der Waals surface area contributed by atoms with Gasteiger partial charge in [-0.05, 0) is 58.9 Å². The molecule has 1 N–H and O–H groups in total. The molecule has 0 radical (unpaired) electrons. The first-order chi connectivity index (χ1) is 8.27. The van der Waals surface area contributed by atoms with Gasteiger partial charge in [-0.25, -0.2) is 0 Å². The second-order valence-corrected chi connectivity index (χ2v) is 4.45. The van der Waals surface area contributed by atoms with Crippen LogP contribution < -0.4 is 0 Å². The summed E-state index contributed by atoms with van der Waals surface area (Å²) in [7, 11) is 0. The molecule has 1 fully saturated rings. The number of fused-ring (bicyclic) bond motifs is 1. The van der Waals surface area contributed by atoms with Crippen LogP contribution in [0.2, 0.25) is 0 Å². The molecular formula is C16H15N. The lowest BCUT2D eigenvalue weighted by Crippen LogP contribution is -1.88. The fourth-order valence-corrected chi connectivity index (χ4v) is 2.48. The number of allylic oxidation sites excluding steroid dienone is 7. The molecule has 3 rings (SSSR count). The molecule has 0 bridgehead atoms. The second kappa shape index (κ2) is 3.77. The van der Waals surface area contributed by atoms with Crippen LogP contribution in [0.1, 0.15) is 18.5 Å². The van der Waals surface area contributed by atoms with E-state index in [9.17, 15) is 0 Å². The molecule has 1 heteroatoms. The highest BCUT2D eigenvalue weighted by Crippen LogP contribution is 2.45. The highest BCUT2D eigenvalue weighted by molar-refractivity contribution is 5.83. The maximum atomic E-state index is 4.20. The summed E-state index contributed by atoms with van der Waals surface area (Å²) in [5, 5.41) is 0. The minimum absolute atomic E-state index is 1.10. The zero-order chi connectivity index (χ0) is 11.8. The van der Waals surface area contributed by atoms with Gasteiger partial charge in [0.1, 0.15) is 0 Å². The summed E-state index contributed by atoms with van der Waals surface area (Å²) in [5.41, 5.74) is 7.03. The Labute approximate surface area is 102 Å². The lowest BCUT2D eigenvalue weighted by molar-refractivity contribution is 1.01. The minimum atomic E-state index is 1.10. The van der Waals surface area contributed by atoms with Gasteiger partial charge in [-0.1, -0.05) is 25.3 Å². The first kappa shape index (κ1) is 10.2. The van der Waals surface area contributed by atoms with E-state index in [-0.39, 0.29) is 0 Å². The predicted octanol–water partition coefficient (Wildman–Crippen LogP) is 4.17. The Morgan fingerprint density at radius 3 is 2.24 bits per heavy atom. The van der Waals surface area contributed by atoms with E-state index in [0.717, 1.165) is 35.3 Å². The third-order valence-corrected chi connectivity index (χ3v) is 3.38. The molecule has 1 aromatic heterocycles. The highest BCUT2D eigenvalue weighted by Gasteiger charge is 2.27. The van der Waals surface area contributed by atoms with Crippen molar-refractivity contribution in [3.63, 3.8) is 0 Å². The molecule has 0 atom stereocenters. The van der Waals surface area contributed by atoms with Gasteiger partial charge in [0, 0.05) is 11.9 Å². The van der Waals surface area contributed by atoms with Crippen molar-refractivity contribution in [1.82, 2.24) is 4.98 Å². The summed E-state index contributed by atoms with van der Waals surface area (Å²) in [6.45, 7) is 8.40. The number of hydrogen-bond donors (Lipinski definition) is 1. The van der Waals surface area contributed by atoms with E-state index < -0.39 is 0 Å². The maximum absolute atomic E-state index is 4.20. The van der Waals surface area contributed by atoms with Crippen LogP contribution in [0.25, 0.3) is 6.08 Å². The van der Waals surface area contributed by atoms with Crippen molar-refractivity contribution >= 4 is 6.08 Å². The Hall–Kier alpha value is -2.02. The van der Waals surface area contributed by atoms with Crippen LogP contribution in [0.15, 0.2) is 71.5 Å². The van der Waals surface area contributed by atoms with Crippen molar-refractivity contribution in [2.45, 2.75) is 12.8 Å². The number of rotatable bonds is 1. The van der Waals surface area contributed by atoms with E-state index in [4.69, 9.17) is 0 Å². The van der Waals surface area contributed by atoms with Gasteiger partial charge in [-0.2, -0.15) is 0 Å². The van der Waals surface area contributed by atoms with Crippen molar-refractivity contribution < 1.29 is 0 Å². The maximum Gasteiger partial charge on any atom is 0.0386 e. The quantitative estimate of drug-likeness (QED) is 0.732. The molecule has 2 aliphatic carbocycles. The van der Waals surface area contributed by atoms with Crippen LogP contribution >= 0.6 is 0 Å². The SMILES string of the molecule is C=C1C(=Cc2ccc[nH]2)C(=C)C2=CCCC=C12. The molecule has 0 saturated heterocycles. The van der Waals surface area contributed by atoms with Gasteiger partial charge in [-0.15, -0.1) is 0 Å². The molecule has 0 amide bonds. The number of nitrogens with one attached hydrogen (secondary N) is 1. The molecule has 1 heterocycles. The van der Waals surface area contributed by atoms with E-state index in [1.54, 1.807) is 0 Å². The average Bonchev–Trinajstić information content (AvgIpc) is 2.94. The molecule has 84 valence electrons. The zero-order valence-corrected chi connectivity index (χ0v) is 9.79. The predicted molar refractivity (Wildman–Crippen MR) is 72.4 cm³/mol. The topological polar surface area (TPSA) is 15.8 Å². The standard InChI is InChI=1S/C16H15N/c1-11-14-7-3-4-8-15(14)12(2)16(11)10-13-6-5-9-17-13/h5-10,17H,1-4H2. The fraction of sp³-hybridized carbons (Fsp3) is 0.125. The molecule has 17 heavy (non-hydrogen) atoms. The molecular weight excluding hydrogens is 206 g/mol. The molecule has 2 aliphatic rings. The third-order valence-electron chi connectivity index (χ3n) is 3.38. The zero-order valence-electron chi connectivity index (χ0n) is 9.79. The first-order valence-electron chi connectivity index (χ1n) is 5.92. The third kappa shape index (κ3) is 1.55. The smallest absolute Gasteiger partial charge is 0.0386 e. The van der Waals surface area contributed by atoms with Crippen molar-refractivity contribution in [2.75, 3.05) is 0 Å². The van der Waals surface area contributed by atoms with Gasteiger partial charge in [0.05, 0.1) is 0 Å². The molecule has 0 spiro atoms. The number of hydrogen-bond acceptors (Lipinski definition) is 0. The van der Waals surface area contributed by atoms with Gasteiger partial charge in [0.2, 0.25) is 0 Å². The summed E-state index contributed by atoms with van der Waals surface area (Å²) in [6, 6.07) is 4.05. The minimum Gasteiger partial charge on any atom is -0.362 e. The Balaban J connectivity index is 2.08. The summed E-state index contributed by atoms with van der Waals surface area (Å²) in [5.74, 6) is 0. The average molecular weight is 221 g/mol. The fourth-order valence-electron chi connectivity index (χ4n) is 2.48. The molecule has 0 aromatic carbocycles. The van der Waals surface area contributed by atoms with E-state index >= 15 is 0 Å². The van der Waals surface area contributed by atoms with Crippen molar-refractivity contribution in [3.05, 3.63) is 77.2 Å². The lowest BCUT2D eigenvalue weighted by atomic mass is 9.98. The molecule has 0 aliphatic heterocycles. The van der Waals surface area contributed by atoms with Gasteiger partial charge in [0.25, 0.3) is 0 Å². The van der Waals surface area contributed by atoms with E-state index in [1.165, 1.54) is 11.1 Å². The largest absolute Gasteiger partial charge is 0.362 e. The molecule has 0 unspecified atom stereocenters. The summed E-state index contributed by atoms with van der Waals surface area (Å²) < 4.78 is 0. The summed E-state index contributed by atoms with van der Waals surface area (Å²) in [6.07, 6.45) is 10.8. The van der Waals surface area contributed by atoms with Crippen LogP contribution in [0.3, 0.4) is 0 Å². The van der Waals surface area contributed by atoms with Crippen molar-refractivity contribution in [2.24, 2.45) is 0 Å². The van der Waals surface area contributed by atoms with Crippen molar-refractivity contribution in [1.29, 1.82) is 0 Å². The molecule has 1 nitrogen and oxygen atoms in total. The van der Waals surface area contributed by atoms with Crippen LogP contribution in [0.4, 0.5) is 0 Å². The van der Waals surface area contributed by atoms with E-state index in [2.05, 4.69) is 42.4 Å². The number of H-pyrrole nitrogens is 1. The van der Waals surface area contributed by atoms with Crippen molar-refractivity contribution in [3.8, 4) is 0 Å². The van der Waals surface area contributed by atoms with Crippen LogP contribution in [0, 0.1) is 0 Å². The summed E-state index contributed by atoms with van der Waals surface area (Å²) >= 11 is 0. The lowest BCUT2D eigenvalue weighted by Gasteiger charge is -2.06.